The number of β-lactam (4-membered cyclic amide) rings is 1. The number of aryl methyl sites for hydroxylation is 1. The molecule has 3 amide bonds. The average Bonchev–Trinajstić information content (AvgIpc) is 3.82. The lowest BCUT2D eigenvalue weighted by Crippen LogP contribution is -2.71. The van der Waals surface area contributed by atoms with E-state index in [-0.39, 0.29) is 41.0 Å². The van der Waals surface area contributed by atoms with Crippen LogP contribution in [0.1, 0.15) is 58.7 Å². The van der Waals surface area contributed by atoms with Crippen molar-refractivity contribution in [1.29, 1.82) is 0 Å². The van der Waals surface area contributed by atoms with E-state index >= 15 is 0 Å². The zero-order chi connectivity index (χ0) is 36.2. The molecule has 4 heterocycles. The van der Waals surface area contributed by atoms with Crippen LogP contribution in [0.15, 0.2) is 21.6 Å². The van der Waals surface area contributed by atoms with Gasteiger partial charge in [-0.15, -0.1) is 16.9 Å². The van der Waals surface area contributed by atoms with E-state index in [0.29, 0.717) is 43.1 Å². The fraction of sp³-hybridized carbons (Fsp3) is 0.593. The lowest BCUT2D eigenvalue weighted by Gasteiger charge is -2.49. The lowest BCUT2D eigenvalue weighted by molar-refractivity contribution is -0.165. The number of tetrazole rings is 1. The number of thioether (sulfide) groups is 2. The average molecular weight is 754 g/mol. The van der Waals surface area contributed by atoms with Gasteiger partial charge in [0.25, 0.3) is 11.8 Å². The number of hydrogen-bond donors (Lipinski definition) is 5. The predicted molar refractivity (Wildman–Crippen MR) is 178 cm³/mol. The fourth-order valence-corrected chi connectivity index (χ4v) is 8.09. The molecule has 3 aliphatic rings. The van der Waals surface area contributed by atoms with E-state index < -0.39 is 58.2 Å². The summed E-state index contributed by atoms with van der Waals surface area (Å²) in [7, 11) is 0. The number of hydrogen-bond acceptors (Lipinski definition) is 17. The van der Waals surface area contributed by atoms with Crippen molar-refractivity contribution in [3.8, 4) is 0 Å². The van der Waals surface area contributed by atoms with Crippen molar-refractivity contribution in [2.75, 3.05) is 23.8 Å². The quantitative estimate of drug-likeness (QED) is 0.0583. The smallest absolute Gasteiger partial charge is 0.407 e. The van der Waals surface area contributed by atoms with E-state index in [1.807, 2.05) is 0 Å². The van der Waals surface area contributed by atoms with Crippen LogP contribution in [0.25, 0.3) is 0 Å². The summed E-state index contributed by atoms with van der Waals surface area (Å²) in [5, 5.41) is 40.3. The van der Waals surface area contributed by atoms with Gasteiger partial charge in [-0.3, -0.25) is 14.5 Å². The molecule has 2 atom stereocenters. The van der Waals surface area contributed by atoms with E-state index in [4.69, 9.17) is 15.3 Å². The summed E-state index contributed by atoms with van der Waals surface area (Å²) in [6.45, 7) is 5.98. The van der Waals surface area contributed by atoms with Crippen molar-refractivity contribution in [2.24, 2.45) is 5.16 Å². The molecule has 23 heteroatoms. The number of carboxylic acids is 2. The monoisotopic (exact) mass is 753 g/mol. The number of carbonyl (C=O) groups excluding carboxylic acids is 3. The van der Waals surface area contributed by atoms with E-state index in [1.165, 1.54) is 28.2 Å². The number of alkyl carbamates (subject to hydrolysis) is 1. The first kappa shape index (κ1) is 36.8. The summed E-state index contributed by atoms with van der Waals surface area (Å²) >= 11 is 3.23. The van der Waals surface area contributed by atoms with Gasteiger partial charge in [-0.05, 0) is 56.0 Å². The Bertz CT molecular complexity index is 1710. The molecule has 2 aromatic rings. The maximum absolute atomic E-state index is 13.4. The minimum Gasteiger partial charge on any atom is -0.478 e. The molecule has 0 bridgehead atoms. The Morgan fingerprint density at radius 2 is 1.94 bits per heavy atom. The van der Waals surface area contributed by atoms with Gasteiger partial charge >= 0.3 is 18.0 Å². The van der Waals surface area contributed by atoms with Crippen molar-refractivity contribution in [3.63, 3.8) is 0 Å². The van der Waals surface area contributed by atoms with Gasteiger partial charge in [-0.2, -0.15) is 9.36 Å². The van der Waals surface area contributed by atoms with E-state index in [2.05, 4.69) is 40.7 Å². The van der Waals surface area contributed by atoms with Crippen LogP contribution < -0.4 is 16.4 Å². The number of amides is 3. The molecule has 5 rings (SSSR count). The Morgan fingerprint density at radius 1 is 1.20 bits per heavy atom. The zero-order valence-corrected chi connectivity index (χ0v) is 29.6. The number of carbonyl (C=O) groups is 5. The third kappa shape index (κ3) is 8.26. The topological polar surface area (TPSA) is 279 Å². The molecule has 1 aliphatic carbocycles. The number of nitrogens with two attached hydrogens (primary N) is 1. The van der Waals surface area contributed by atoms with Gasteiger partial charge in [0.1, 0.15) is 22.7 Å². The molecule has 270 valence electrons. The number of anilines is 1. The Kier molecular flexibility index (Phi) is 11.2. The van der Waals surface area contributed by atoms with Crippen LogP contribution in [0.4, 0.5) is 9.93 Å². The van der Waals surface area contributed by atoms with Crippen molar-refractivity contribution < 1.29 is 43.8 Å². The highest BCUT2D eigenvalue weighted by Crippen LogP contribution is 2.41. The molecule has 0 radical (unpaired) electrons. The third-order valence-corrected chi connectivity index (χ3v) is 10.5. The maximum Gasteiger partial charge on any atom is 0.407 e. The molecule has 1 unspecified atom stereocenters. The SMILES string of the molecule is CC(C)(C)OC(=O)NCCCn1nnnc1SCC1=C(C(=O)O)N2C(=O)C(NC(=O)C(=NOC3(C(=O)O)CCCC3)c3nsc(N)n3)[C@H]2SC1. The number of nitrogens with zero attached hydrogens (tertiary/aromatic N) is 8. The van der Waals surface area contributed by atoms with Crippen LogP contribution in [0.3, 0.4) is 0 Å². The first-order valence-corrected chi connectivity index (χ1v) is 18.2. The number of ether oxygens (including phenoxy) is 1. The minimum atomic E-state index is -1.62. The molecule has 20 nitrogen and oxygen atoms in total. The molecular weight excluding hydrogens is 719 g/mol. The summed E-state index contributed by atoms with van der Waals surface area (Å²) in [6, 6.07) is -1.13. The van der Waals surface area contributed by atoms with Crippen molar-refractivity contribution in [1.82, 2.24) is 45.1 Å². The zero-order valence-electron chi connectivity index (χ0n) is 27.2. The first-order valence-electron chi connectivity index (χ1n) is 15.3. The number of oxime groups is 1. The highest BCUT2D eigenvalue weighted by molar-refractivity contribution is 8.01. The van der Waals surface area contributed by atoms with Gasteiger partial charge in [0.15, 0.2) is 5.13 Å². The van der Waals surface area contributed by atoms with Gasteiger partial charge in [0.05, 0.1) is 0 Å². The Balaban J connectivity index is 1.22. The Hall–Kier alpha value is -4.51. The molecule has 1 saturated heterocycles. The molecular formula is C27H35N11O9S3. The van der Waals surface area contributed by atoms with Gasteiger partial charge in [0.2, 0.25) is 22.3 Å². The molecule has 0 spiro atoms. The van der Waals surface area contributed by atoms with E-state index in [1.54, 1.807) is 20.8 Å². The van der Waals surface area contributed by atoms with Crippen LogP contribution >= 0.6 is 35.1 Å². The van der Waals surface area contributed by atoms with Gasteiger partial charge in [0, 0.05) is 49.0 Å². The van der Waals surface area contributed by atoms with E-state index in [0.717, 1.165) is 16.4 Å². The third-order valence-electron chi connectivity index (χ3n) is 7.61. The van der Waals surface area contributed by atoms with Crippen molar-refractivity contribution >= 4 is 75.7 Å². The second kappa shape index (κ2) is 15.2. The molecule has 2 fully saturated rings. The lowest BCUT2D eigenvalue weighted by atomic mass is 10.0. The van der Waals surface area contributed by atoms with E-state index in [9.17, 15) is 34.2 Å². The second-order valence-electron chi connectivity index (χ2n) is 12.4. The molecule has 2 aliphatic heterocycles. The van der Waals surface area contributed by atoms with Crippen molar-refractivity contribution in [3.05, 3.63) is 17.1 Å². The normalized spacial score (nSPS) is 20.2. The Morgan fingerprint density at radius 3 is 2.58 bits per heavy atom. The number of aliphatic carboxylic acids is 2. The Labute approximate surface area is 297 Å². The van der Waals surface area contributed by atoms with Gasteiger partial charge in [-0.1, -0.05) is 16.9 Å². The summed E-state index contributed by atoms with van der Waals surface area (Å²) in [4.78, 5) is 73.5. The van der Waals surface area contributed by atoms with Crippen LogP contribution in [0, 0.1) is 0 Å². The largest absolute Gasteiger partial charge is 0.478 e. The fourth-order valence-electron chi connectivity index (χ4n) is 5.27. The highest BCUT2D eigenvalue weighted by Gasteiger charge is 2.54. The molecule has 1 saturated carbocycles. The standard InChI is InChI=1S/C27H35N11O9S3/c1-26(2,3)46-25(45)29-9-6-10-37-24(32-35-36-37)49-12-13-11-48-20-15(19(40)38(20)16(13)21(41)42)30-18(39)14(17-31-23(28)50-34-17)33-47-27(22(43)44)7-4-5-8-27/h15,20H,4-12H2,1-3H3,(H,29,45)(H,30,39)(H,41,42)(H,43,44)(H2,28,31,34)/t15?,20-/m1/s1. The van der Waals surface area contributed by atoms with Crippen molar-refractivity contribution in [2.45, 2.75) is 87.2 Å². The summed E-state index contributed by atoms with van der Waals surface area (Å²) in [5.41, 5.74) is 3.25. The van der Waals surface area contributed by atoms with Gasteiger partial charge in [-0.25, -0.2) is 19.1 Å². The highest BCUT2D eigenvalue weighted by atomic mass is 32.2. The van der Waals surface area contributed by atoms with Crippen LogP contribution in [0.5, 0.6) is 0 Å². The summed E-state index contributed by atoms with van der Waals surface area (Å²) in [5.74, 6) is -3.95. The van der Waals surface area contributed by atoms with Crippen LogP contribution in [-0.4, -0.2) is 121 Å². The molecule has 2 aromatic heterocycles. The summed E-state index contributed by atoms with van der Waals surface area (Å²) < 4.78 is 10.7. The van der Waals surface area contributed by atoms with Gasteiger partial charge < -0.3 is 36.2 Å². The number of fused-ring (bicyclic) bond motifs is 1. The number of aromatic nitrogens is 6. The summed E-state index contributed by atoms with van der Waals surface area (Å²) in [6.07, 6.45) is 1.54. The second-order valence-corrected chi connectivity index (χ2v) is 15.2. The molecule has 6 N–H and O–H groups in total. The molecule has 50 heavy (non-hydrogen) atoms. The maximum atomic E-state index is 13.4. The van der Waals surface area contributed by atoms with Crippen LogP contribution in [-0.2, 0) is 35.3 Å². The number of carboxylic acid groups (broad SMARTS) is 2. The first-order chi connectivity index (χ1) is 23.7. The minimum absolute atomic E-state index is 0.0221. The molecule has 0 aromatic carbocycles. The number of nitrogens with one attached hydrogen (secondary N) is 2. The number of nitrogen functional groups attached to an aromatic ring is 1. The van der Waals surface area contributed by atoms with Crippen LogP contribution in [0.2, 0.25) is 0 Å². The number of rotatable bonds is 14. The predicted octanol–water partition coefficient (Wildman–Crippen LogP) is 0.671.